The number of aryl methyl sites for hydroxylation is 1. The van der Waals surface area contributed by atoms with Crippen LogP contribution >= 0.6 is 0 Å². The predicted octanol–water partition coefficient (Wildman–Crippen LogP) is 1.49. The lowest BCUT2D eigenvalue weighted by Crippen LogP contribution is -2.17. The molecule has 0 nitrogen and oxygen atoms in total. The summed E-state index contributed by atoms with van der Waals surface area (Å²) in [5.74, 6) is 0. The summed E-state index contributed by atoms with van der Waals surface area (Å²) in [6.07, 6.45) is 1.99. The van der Waals surface area contributed by atoms with Crippen LogP contribution in [-0.2, 0) is 12.8 Å². The summed E-state index contributed by atoms with van der Waals surface area (Å²) in [7, 11) is -1.48. The highest BCUT2D eigenvalue weighted by atomic mass is 28.3. The summed E-state index contributed by atoms with van der Waals surface area (Å²) in [6, 6.07) is 6.01. The Morgan fingerprint density at radius 1 is 1.25 bits per heavy atom. The molecule has 2 heteroatoms. The average Bonchev–Trinajstić information content (AvgIpc) is 2.16. The Balaban J connectivity index is 3.13. The van der Waals surface area contributed by atoms with Crippen molar-refractivity contribution >= 4 is 15.0 Å². The molecule has 66 valence electrons. The van der Waals surface area contributed by atoms with E-state index in [2.05, 4.69) is 19.9 Å². The minimum absolute atomic E-state index is 0.969. The van der Waals surface area contributed by atoms with Crippen molar-refractivity contribution in [3.8, 4) is 0 Å². The lowest BCUT2D eigenvalue weighted by Gasteiger charge is -2.08. The van der Waals surface area contributed by atoms with Crippen LogP contribution in [0.1, 0.15) is 25.0 Å². The van der Waals surface area contributed by atoms with Gasteiger partial charge in [0.1, 0.15) is 0 Å². The van der Waals surface area contributed by atoms with Crippen LogP contribution in [0.2, 0.25) is 0 Å². The fourth-order valence-electron chi connectivity index (χ4n) is 1.60. The molecule has 0 heterocycles. The highest BCUT2D eigenvalue weighted by Gasteiger charge is 2.04. The van der Waals surface area contributed by atoms with Gasteiger partial charge in [-0.15, -0.1) is 0 Å². The maximum Gasteiger partial charge on any atom is 0.247 e. The Morgan fingerprint density at radius 3 is 2.50 bits per heavy atom. The van der Waals surface area contributed by atoms with Crippen LogP contribution in [0.25, 0.3) is 0 Å². The topological polar surface area (TPSA) is 0 Å². The Bertz CT molecular complexity index is 236. The molecule has 0 atom stereocenters. The van der Waals surface area contributed by atoms with E-state index in [0.29, 0.717) is 0 Å². The Morgan fingerprint density at radius 2 is 2.00 bits per heavy atom. The first kappa shape index (κ1) is 9.45. The Hall–Kier alpha value is -0.633. The third kappa shape index (κ3) is 1.75. The number of hydrogen-bond donors (Lipinski definition) is 0. The van der Waals surface area contributed by atoms with Crippen molar-refractivity contribution in [3.63, 3.8) is 0 Å². The van der Waals surface area contributed by atoms with Crippen molar-refractivity contribution in [2.24, 2.45) is 0 Å². The molecule has 0 saturated carbocycles. The summed E-state index contributed by atoms with van der Waals surface area (Å²) < 4.78 is 12.6. The fraction of sp³-hybridized carbons (Fsp3) is 0.400. The van der Waals surface area contributed by atoms with Gasteiger partial charge in [-0.1, -0.05) is 32.0 Å². The van der Waals surface area contributed by atoms with E-state index in [0.717, 1.165) is 18.0 Å². The van der Waals surface area contributed by atoms with Crippen LogP contribution in [0.3, 0.4) is 0 Å². The van der Waals surface area contributed by atoms with E-state index >= 15 is 0 Å². The average molecular weight is 182 g/mol. The standard InChI is InChI=1S/C10H15FSi/c1-3-8-6-5-7-10(12-11)9(8)4-2/h5-7H,3-4,12H2,1-2H3. The van der Waals surface area contributed by atoms with Crippen molar-refractivity contribution in [2.45, 2.75) is 26.7 Å². The lowest BCUT2D eigenvalue weighted by atomic mass is 10.0. The second-order valence-electron chi connectivity index (χ2n) is 2.90. The highest BCUT2D eigenvalue weighted by molar-refractivity contribution is 6.47. The van der Waals surface area contributed by atoms with Gasteiger partial charge in [0.05, 0.1) is 0 Å². The van der Waals surface area contributed by atoms with Crippen molar-refractivity contribution < 1.29 is 4.11 Å². The van der Waals surface area contributed by atoms with E-state index in [1.807, 2.05) is 12.1 Å². The van der Waals surface area contributed by atoms with Crippen LogP contribution < -0.4 is 5.19 Å². The normalized spacial score (nSPS) is 11.2. The highest BCUT2D eigenvalue weighted by Crippen LogP contribution is 2.07. The quantitative estimate of drug-likeness (QED) is 0.491. The van der Waals surface area contributed by atoms with Gasteiger partial charge in [-0.3, -0.25) is 0 Å². The molecule has 1 rings (SSSR count). The minimum Gasteiger partial charge on any atom is -0.317 e. The SMILES string of the molecule is CCc1cccc([SiH2]F)c1CC. The monoisotopic (exact) mass is 182 g/mol. The van der Waals surface area contributed by atoms with Gasteiger partial charge in [-0.25, -0.2) is 0 Å². The molecule has 0 aliphatic carbocycles. The number of halogens is 1. The Labute approximate surface area is 75.8 Å². The summed E-state index contributed by atoms with van der Waals surface area (Å²) >= 11 is 0. The third-order valence-electron chi connectivity index (χ3n) is 2.25. The molecular formula is C10H15FSi. The predicted molar refractivity (Wildman–Crippen MR) is 54.5 cm³/mol. The van der Waals surface area contributed by atoms with E-state index in [9.17, 15) is 4.11 Å². The zero-order valence-corrected chi connectivity index (χ0v) is 9.15. The molecule has 0 unspecified atom stereocenters. The molecule has 0 fully saturated rings. The summed E-state index contributed by atoms with van der Waals surface area (Å²) in [4.78, 5) is 0. The molecule has 12 heavy (non-hydrogen) atoms. The maximum atomic E-state index is 12.6. The van der Waals surface area contributed by atoms with Gasteiger partial charge >= 0.3 is 0 Å². The van der Waals surface area contributed by atoms with Gasteiger partial charge in [0.15, 0.2) is 0 Å². The Kier molecular flexibility index (Phi) is 3.47. The van der Waals surface area contributed by atoms with Gasteiger partial charge in [0, 0.05) is 0 Å². The van der Waals surface area contributed by atoms with Crippen LogP contribution in [0.4, 0.5) is 4.11 Å². The van der Waals surface area contributed by atoms with Gasteiger partial charge < -0.3 is 4.11 Å². The van der Waals surface area contributed by atoms with Crippen LogP contribution in [0, 0.1) is 0 Å². The molecule has 0 aliphatic rings. The first-order valence-corrected chi connectivity index (χ1v) is 5.73. The summed E-state index contributed by atoms with van der Waals surface area (Å²) in [5.41, 5.74) is 2.58. The molecule has 0 saturated heterocycles. The van der Waals surface area contributed by atoms with E-state index in [-0.39, 0.29) is 0 Å². The molecule has 1 aromatic rings. The molecule has 0 aromatic heterocycles. The summed E-state index contributed by atoms with van der Waals surface area (Å²) in [6.45, 7) is 4.22. The maximum absolute atomic E-state index is 12.6. The first-order valence-electron chi connectivity index (χ1n) is 4.49. The van der Waals surface area contributed by atoms with E-state index < -0.39 is 9.85 Å². The zero-order valence-electron chi connectivity index (χ0n) is 7.73. The smallest absolute Gasteiger partial charge is 0.247 e. The number of hydrogen-bond acceptors (Lipinski definition) is 0. The summed E-state index contributed by atoms with van der Waals surface area (Å²) in [5, 5.41) is 0.997. The molecule has 0 radical (unpaired) electrons. The fourth-order valence-corrected chi connectivity index (χ4v) is 2.46. The number of benzene rings is 1. The van der Waals surface area contributed by atoms with Crippen LogP contribution in [0.15, 0.2) is 18.2 Å². The van der Waals surface area contributed by atoms with Gasteiger partial charge in [0.2, 0.25) is 9.85 Å². The second-order valence-corrected chi connectivity index (χ2v) is 3.92. The van der Waals surface area contributed by atoms with Gasteiger partial charge in [-0.2, -0.15) is 0 Å². The largest absolute Gasteiger partial charge is 0.317 e. The lowest BCUT2D eigenvalue weighted by molar-refractivity contribution is 0.882. The zero-order chi connectivity index (χ0) is 8.97. The molecule has 0 N–H and O–H groups in total. The van der Waals surface area contributed by atoms with Gasteiger partial charge in [0.25, 0.3) is 0 Å². The van der Waals surface area contributed by atoms with Crippen molar-refractivity contribution in [1.82, 2.24) is 0 Å². The minimum atomic E-state index is -1.48. The van der Waals surface area contributed by atoms with E-state index in [4.69, 9.17) is 0 Å². The molecular weight excluding hydrogens is 167 g/mol. The number of rotatable bonds is 3. The third-order valence-corrected chi connectivity index (χ3v) is 3.20. The molecule has 0 spiro atoms. The van der Waals surface area contributed by atoms with Gasteiger partial charge in [-0.05, 0) is 29.2 Å². The van der Waals surface area contributed by atoms with Crippen molar-refractivity contribution in [2.75, 3.05) is 0 Å². The van der Waals surface area contributed by atoms with Crippen molar-refractivity contribution in [1.29, 1.82) is 0 Å². The molecule has 0 amide bonds. The van der Waals surface area contributed by atoms with Crippen molar-refractivity contribution in [3.05, 3.63) is 29.3 Å². The molecule has 1 aromatic carbocycles. The second kappa shape index (κ2) is 4.41. The van der Waals surface area contributed by atoms with Crippen LogP contribution in [-0.4, -0.2) is 9.85 Å². The molecule has 0 aliphatic heterocycles. The van der Waals surface area contributed by atoms with E-state index in [1.165, 1.54) is 11.1 Å². The first-order chi connectivity index (χ1) is 5.83. The van der Waals surface area contributed by atoms with Crippen LogP contribution in [0.5, 0.6) is 0 Å². The van der Waals surface area contributed by atoms with E-state index in [1.54, 1.807) is 0 Å². The molecule has 0 bridgehead atoms.